The first-order valence-corrected chi connectivity index (χ1v) is 10.4. The minimum absolute atomic E-state index is 0.126. The van der Waals surface area contributed by atoms with Gasteiger partial charge >= 0.3 is 0 Å². The van der Waals surface area contributed by atoms with Crippen LogP contribution in [0.1, 0.15) is 19.4 Å². The fourth-order valence-corrected chi connectivity index (χ4v) is 4.22. The monoisotopic (exact) mass is 410 g/mol. The maximum Gasteiger partial charge on any atom is 0.243 e. The summed E-state index contributed by atoms with van der Waals surface area (Å²) in [6.07, 6.45) is 0. The van der Waals surface area contributed by atoms with E-state index in [0.717, 1.165) is 9.87 Å². The predicted octanol–water partition coefficient (Wildman–Crippen LogP) is 3.70. The maximum absolute atomic E-state index is 12.9. The van der Waals surface area contributed by atoms with Gasteiger partial charge in [0.1, 0.15) is 5.75 Å². The van der Waals surface area contributed by atoms with Gasteiger partial charge in [0.15, 0.2) is 0 Å². The lowest BCUT2D eigenvalue weighted by Gasteiger charge is -2.21. The van der Waals surface area contributed by atoms with Gasteiger partial charge in [0.05, 0.1) is 18.0 Å². The van der Waals surface area contributed by atoms with Crippen LogP contribution in [-0.2, 0) is 14.8 Å². The fraction of sp³-hybridized carbons (Fsp3) is 0.316. The summed E-state index contributed by atoms with van der Waals surface area (Å²) in [4.78, 5) is 12.4. The molecule has 0 aliphatic heterocycles. The van der Waals surface area contributed by atoms with E-state index in [0.29, 0.717) is 23.1 Å². The Balaban J connectivity index is 2.17. The van der Waals surface area contributed by atoms with Crippen molar-refractivity contribution < 1.29 is 17.9 Å². The van der Waals surface area contributed by atoms with Crippen LogP contribution in [0.4, 0.5) is 5.69 Å². The zero-order valence-corrected chi connectivity index (χ0v) is 17.1. The molecule has 8 heteroatoms. The SMILES string of the molecule is CCOc1ccc(S(=O)(=O)N(CC)CC(=O)Nc2cccc(Cl)c2)cc1C. The van der Waals surface area contributed by atoms with Crippen LogP contribution >= 0.6 is 11.6 Å². The zero-order chi connectivity index (χ0) is 20.0. The van der Waals surface area contributed by atoms with E-state index in [1.807, 2.05) is 6.92 Å². The van der Waals surface area contributed by atoms with E-state index in [1.54, 1.807) is 50.2 Å². The predicted molar refractivity (Wildman–Crippen MR) is 107 cm³/mol. The minimum atomic E-state index is -3.81. The number of aryl methyl sites for hydroxylation is 1. The number of rotatable bonds is 8. The average molecular weight is 411 g/mol. The van der Waals surface area contributed by atoms with Crippen molar-refractivity contribution in [2.24, 2.45) is 0 Å². The molecule has 0 heterocycles. The molecule has 2 aromatic rings. The van der Waals surface area contributed by atoms with Crippen molar-refractivity contribution in [2.45, 2.75) is 25.7 Å². The summed E-state index contributed by atoms with van der Waals surface area (Å²) in [7, 11) is -3.81. The molecular weight excluding hydrogens is 388 g/mol. The highest BCUT2D eigenvalue weighted by Crippen LogP contribution is 2.24. The molecule has 2 aromatic carbocycles. The lowest BCUT2D eigenvalue weighted by molar-refractivity contribution is -0.116. The first kappa shape index (κ1) is 21.2. The summed E-state index contributed by atoms with van der Waals surface area (Å²) in [5.41, 5.74) is 1.23. The van der Waals surface area contributed by atoms with Crippen LogP contribution in [-0.4, -0.2) is 38.3 Å². The summed E-state index contributed by atoms with van der Waals surface area (Å²) >= 11 is 5.90. The van der Waals surface area contributed by atoms with Gasteiger partial charge < -0.3 is 10.1 Å². The molecule has 27 heavy (non-hydrogen) atoms. The highest BCUT2D eigenvalue weighted by Gasteiger charge is 2.26. The van der Waals surface area contributed by atoms with Gasteiger partial charge in [-0.25, -0.2) is 8.42 Å². The first-order valence-electron chi connectivity index (χ1n) is 8.57. The van der Waals surface area contributed by atoms with E-state index < -0.39 is 15.9 Å². The molecule has 6 nitrogen and oxygen atoms in total. The highest BCUT2D eigenvalue weighted by molar-refractivity contribution is 7.89. The van der Waals surface area contributed by atoms with E-state index in [1.165, 1.54) is 6.07 Å². The molecule has 1 N–H and O–H groups in total. The first-order chi connectivity index (χ1) is 12.8. The van der Waals surface area contributed by atoms with Crippen LogP contribution in [0.2, 0.25) is 5.02 Å². The van der Waals surface area contributed by atoms with Gasteiger partial charge in [-0.2, -0.15) is 4.31 Å². The quantitative estimate of drug-likeness (QED) is 0.720. The molecule has 2 rings (SSSR count). The van der Waals surface area contributed by atoms with E-state index in [2.05, 4.69) is 5.32 Å². The minimum Gasteiger partial charge on any atom is -0.494 e. The average Bonchev–Trinajstić information content (AvgIpc) is 2.61. The topological polar surface area (TPSA) is 75.7 Å². The van der Waals surface area contributed by atoms with Gasteiger partial charge in [-0.1, -0.05) is 24.6 Å². The second-order valence-electron chi connectivity index (χ2n) is 5.85. The van der Waals surface area contributed by atoms with Crippen molar-refractivity contribution in [1.29, 1.82) is 0 Å². The van der Waals surface area contributed by atoms with Gasteiger partial charge in [-0.3, -0.25) is 4.79 Å². The Hall–Kier alpha value is -2.09. The lowest BCUT2D eigenvalue weighted by atomic mass is 10.2. The molecule has 1 amide bonds. The number of halogens is 1. The summed E-state index contributed by atoms with van der Waals surface area (Å²) in [5, 5.41) is 3.14. The summed E-state index contributed by atoms with van der Waals surface area (Å²) in [5.74, 6) is 0.198. The Morgan fingerprint density at radius 1 is 1.19 bits per heavy atom. The smallest absolute Gasteiger partial charge is 0.243 e. The molecule has 0 bridgehead atoms. The summed E-state index contributed by atoms with van der Waals surface area (Å²) in [6.45, 7) is 5.70. The van der Waals surface area contributed by atoms with Crippen LogP contribution in [0, 0.1) is 6.92 Å². The number of hydrogen-bond acceptors (Lipinski definition) is 4. The molecular formula is C19H23ClN2O4S. The Kier molecular flexibility index (Phi) is 7.24. The van der Waals surface area contributed by atoms with Crippen LogP contribution in [0.5, 0.6) is 5.75 Å². The van der Waals surface area contributed by atoms with Crippen molar-refractivity contribution in [3.63, 3.8) is 0 Å². The molecule has 0 saturated heterocycles. The van der Waals surface area contributed by atoms with E-state index in [4.69, 9.17) is 16.3 Å². The molecule has 0 spiro atoms. The van der Waals surface area contributed by atoms with Crippen molar-refractivity contribution in [3.05, 3.63) is 53.1 Å². The van der Waals surface area contributed by atoms with Crippen LogP contribution in [0.3, 0.4) is 0 Å². The maximum atomic E-state index is 12.9. The Morgan fingerprint density at radius 2 is 1.93 bits per heavy atom. The van der Waals surface area contributed by atoms with Crippen LogP contribution < -0.4 is 10.1 Å². The number of nitrogens with one attached hydrogen (secondary N) is 1. The number of carbonyl (C=O) groups excluding carboxylic acids is 1. The normalized spacial score (nSPS) is 11.4. The largest absolute Gasteiger partial charge is 0.494 e. The molecule has 0 saturated carbocycles. The van der Waals surface area contributed by atoms with Gasteiger partial charge in [-0.15, -0.1) is 0 Å². The number of ether oxygens (including phenoxy) is 1. The third-order valence-corrected chi connectivity index (χ3v) is 6.02. The number of hydrogen-bond donors (Lipinski definition) is 1. The van der Waals surface area contributed by atoms with Crippen molar-refractivity contribution in [2.75, 3.05) is 25.0 Å². The summed E-state index contributed by atoms with van der Waals surface area (Å²) in [6, 6.07) is 11.3. The van der Waals surface area contributed by atoms with Gasteiger partial charge in [0, 0.05) is 17.3 Å². The Labute approximate surface area is 165 Å². The van der Waals surface area contributed by atoms with Crippen molar-refractivity contribution in [1.82, 2.24) is 4.31 Å². The Bertz CT molecular complexity index is 916. The van der Waals surface area contributed by atoms with Crippen molar-refractivity contribution >= 4 is 33.2 Å². The summed E-state index contributed by atoms with van der Waals surface area (Å²) < 4.78 is 32.4. The molecule has 0 aliphatic rings. The number of likely N-dealkylation sites (N-methyl/N-ethyl adjacent to an activating group) is 1. The number of amides is 1. The molecule has 0 aliphatic carbocycles. The third-order valence-electron chi connectivity index (χ3n) is 3.87. The highest BCUT2D eigenvalue weighted by atomic mass is 35.5. The van der Waals surface area contributed by atoms with E-state index in [-0.39, 0.29) is 18.0 Å². The van der Waals surface area contributed by atoms with E-state index in [9.17, 15) is 13.2 Å². The van der Waals surface area contributed by atoms with Crippen LogP contribution in [0.15, 0.2) is 47.4 Å². The zero-order valence-electron chi connectivity index (χ0n) is 15.5. The molecule has 0 fully saturated rings. The number of nitrogens with zero attached hydrogens (tertiary/aromatic N) is 1. The number of anilines is 1. The molecule has 0 atom stereocenters. The standard InChI is InChI=1S/C19H23ClN2O4S/c1-4-22(13-19(23)21-16-8-6-7-15(20)12-16)27(24,25)17-9-10-18(26-5-2)14(3)11-17/h6-12H,4-5,13H2,1-3H3,(H,21,23). The molecule has 0 radical (unpaired) electrons. The number of benzene rings is 2. The van der Waals surface area contributed by atoms with Gasteiger partial charge in [0.25, 0.3) is 0 Å². The number of carbonyl (C=O) groups is 1. The third kappa shape index (κ3) is 5.45. The number of sulfonamides is 1. The van der Waals surface area contributed by atoms with Gasteiger partial charge in [-0.05, 0) is 55.8 Å². The second kappa shape index (κ2) is 9.21. The molecule has 146 valence electrons. The lowest BCUT2D eigenvalue weighted by Crippen LogP contribution is -2.37. The van der Waals surface area contributed by atoms with E-state index >= 15 is 0 Å². The van der Waals surface area contributed by atoms with Crippen molar-refractivity contribution in [3.8, 4) is 5.75 Å². The Morgan fingerprint density at radius 3 is 2.52 bits per heavy atom. The molecule has 0 unspecified atom stereocenters. The van der Waals surface area contributed by atoms with Crippen LogP contribution in [0.25, 0.3) is 0 Å². The fourth-order valence-electron chi connectivity index (χ4n) is 2.54. The molecule has 0 aromatic heterocycles. The second-order valence-corrected chi connectivity index (χ2v) is 8.22. The van der Waals surface area contributed by atoms with Gasteiger partial charge in [0.2, 0.25) is 15.9 Å².